The van der Waals surface area contributed by atoms with Crippen LogP contribution in [0.2, 0.25) is 15.1 Å². The van der Waals surface area contributed by atoms with Crippen LogP contribution < -0.4 is 5.32 Å². The average molecular weight is 577 g/mol. The van der Waals surface area contributed by atoms with E-state index in [9.17, 15) is 13.2 Å². The number of halogens is 4. The maximum atomic E-state index is 13.3. The molecule has 5 nitrogen and oxygen atoms in total. The first-order chi connectivity index (χ1) is 15.2. The molecule has 0 fully saturated rings. The number of benzene rings is 3. The second kappa shape index (κ2) is 11.0. The van der Waals surface area contributed by atoms with Gasteiger partial charge in [-0.05, 0) is 53.6 Å². The van der Waals surface area contributed by atoms with Crippen molar-refractivity contribution >= 4 is 66.7 Å². The third-order valence-corrected chi connectivity index (χ3v) is 7.86. The molecule has 0 aliphatic carbocycles. The summed E-state index contributed by atoms with van der Waals surface area (Å²) >= 11 is 21.6. The van der Waals surface area contributed by atoms with Crippen molar-refractivity contribution in [1.29, 1.82) is 0 Å². The van der Waals surface area contributed by atoms with Gasteiger partial charge in [-0.25, -0.2) is 8.42 Å². The summed E-state index contributed by atoms with van der Waals surface area (Å²) in [6, 6.07) is 18.1. The van der Waals surface area contributed by atoms with E-state index in [1.54, 1.807) is 48.5 Å². The Balaban J connectivity index is 1.84. The quantitative estimate of drug-likeness (QED) is 0.362. The highest BCUT2D eigenvalue weighted by Gasteiger charge is 2.27. The largest absolute Gasteiger partial charge is 0.351 e. The van der Waals surface area contributed by atoms with Crippen molar-refractivity contribution in [3.05, 3.63) is 97.4 Å². The smallest absolute Gasteiger partial charge is 0.243 e. The van der Waals surface area contributed by atoms with E-state index in [1.165, 1.54) is 18.2 Å². The molecule has 3 rings (SSSR count). The maximum Gasteiger partial charge on any atom is 0.243 e. The van der Waals surface area contributed by atoms with Crippen LogP contribution in [0.4, 0.5) is 0 Å². The van der Waals surface area contributed by atoms with E-state index in [0.717, 1.165) is 14.3 Å². The maximum absolute atomic E-state index is 13.3. The average Bonchev–Trinajstić information content (AvgIpc) is 2.74. The minimum absolute atomic E-state index is 0.0599. The summed E-state index contributed by atoms with van der Waals surface area (Å²) in [5.41, 5.74) is 1.25. The molecular formula is C22H18BrCl3N2O3S. The Morgan fingerprint density at radius 2 is 1.59 bits per heavy atom. The number of amides is 1. The fourth-order valence-electron chi connectivity index (χ4n) is 2.87. The zero-order valence-corrected chi connectivity index (χ0v) is 21.2. The van der Waals surface area contributed by atoms with Crippen molar-refractivity contribution in [3.63, 3.8) is 0 Å². The normalized spacial score (nSPS) is 11.5. The molecule has 0 aliphatic heterocycles. The molecule has 0 aromatic heterocycles. The van der Waals surface area contributed by atoms with Crippen LogP contribution >= 0.6 is 50.7 Å². The van der Waals surface area contributed by atoms with Gasteiger partial charge in [-0.15, -0.1) is 0 Å². The molecular weight excluding hydrogens is 559 g/mol. The monoisotopic (exact) mass is 574 g/mol. The zero-order valence-electron chi connectivity index (χ0n) is 16.6. The van der Waals surface area contributed by atoms with Gasteiger partial charge >= 0.3 is 0 Å². The van der Waals surface area contributed by atoms with Crippen LogP contribution in [0.1, 0.15) is 11.1 Å². The van der Waals surface area contributed by atoms with E-state index >= 15 is 0 Å². The lowest BCUT2D eigenvalue weighted by Crippen LogP contribution is -2.40. The second-order valence-corrected chi connectivity index (χ2v) is 10.9. The predicted octanol–water partition coefficient (Wildman–Crippen LogP) is 5.92. The number of carbonyl (C=O) groups is 1. The summed E-state index contributed by atoms with van der Waals surface area (Å²) in [5, 5.41) is 3.97. The van der Waals surface area contributed by atoms with E-state index in [1.807, 2.05) is 0 Å². The van der Waals surface area contributed by atoms with Gasteiger partial charge in [0.05, 0.1) is 11.4 Å². The van der Waals surface area contributed by atoms with Crippen molar-refractivity contribution < 1.29 is 13.2 Å². The lowest BCUT2D eigenvalue weighted by molar-refractivity contribution is -0.121. The summed E-state index contributed by atoms with van der Waals surface area (Å²) in [7, 11) is -4.00. The van der Waals surface area contributed by atoms with Gasteiger partial charge in [-0.3, -0.25) is 4.79 Å². The molecule has 0 aliphatic rings. The summed E-state index contributed by atoms with van der Waals surface area (Å²) < 4.78 is 28.5. The third-order valence-electron chi connectivity index (χ3n) is 4.57. The Kier molecular flexibility index (Phi) is 8.61. The van der Waals surface area contributed by atoms with Gasteiger partial charge in [0.15, 0.2) is 0 Å². The van der Waals surface area contributed by atoms with Crippen LogP contribution in [0, 0.1) is 0 Å². The number of sulfonamides is 1. The first-order valence-electron chi connectivity index (χ1n) is 9.36. The number of carbonyl (C=O) groups excluding carboxylic acids is 1. The van der Waals surface area contributed by atoms with Crippen LogP contribution in [0.3, 0.4) is 0 Å². The lowest BCUT2D eigenvalue weighted by Gasteiger charge is -2.22. The molecule has 0 saturated carbocycles. The van der Waals surface area contributed by atoms with E-state index in [4.69, 9.17) is 34.8 Å². The molecule has 1 amide bonds. The highest BCUT2D eigenvalue weighted by atomic mass is 79.9. The summed E-state index contributed by atoms with van der Waals surface area (Å²) in [4.78, 5) is 12.7. The fraction of sp³-hybridized carbons (Fsp3) is 0.136. The van der Waals surface area contributed by atoms with Crippen molar-refractivity contribution in [1.82, 2.24) is 9.62 Å². The molecule has 1 N–H and O–H groups in total. The molecule has 0 atom stereocenters. The Morgan fingerprint density at radius 3 is 2.25 bits per heavy atom. The number of hydrogen-bond donors (Lipinski definition) is 1. The van der Waals surface area contributed by atoms with E-state index in [2.05, 4.69) is 21.2 Å². The molecule has 0 heterocycles. The highest BCUT2D eigenvalue weighted by Crippen LogP contribution is 2.26. The minimum atomic E-state index is -4.00. The van der Waals surface area contributed by atoms with Crippen LogP contribution in [-0.4, -0.2) is 25.2 Å². The molecule has 32 heavy (non-hydrogen) atoms. The number of hydrogen-bond acceptors (Lipinski definition) is 3. The number of nitrogens with one attached hydrogen (secondary N) is 1. The first kappa shape index (κ1) is 25.0. The SMILES string of the molecule is O=C(CN(Cc1ccc(Cl)cc1Cl)S(=O)(=O)c1ccc(Br)cc1)NCc1ccccc1Cl. The Morgan fingerprint density at radius 1 is 0.906 bits per heavy atom. The van der Waals surface area contributed by atoms with Crippen LogP contribution in [0.15, 0.2) is 76.1 Å². The topological polar surface area (TPSA) is 66.5 Å². The van der Waals surface area contributed by atoms with Crippen molar-refractivity contribution in [3.8, 4) is 0 Å². The van der Waals surface area contributed by atoms with Crippen molar-refractivity contribution in [2.24, 2.45) is 0 Å². The van der Waals surface area contributed by atoms with Crippen LogP contribution in [0.25, 0.3) is 0 Å². The third kappa shape index (κ3) is 6.47. The van der Waals surface area contributed by atoms with Crippen LogP contribution in [-0.2, 0) is 27.9 Å². The second-order valence-electron chi connectivity index (χ2n) is 6.83. The molecule has 0 unspecified atom stereocenters. The number of rotatable bonds is 8. The van der Waals surface area contributed by atoms with Crippen molar-refractivity contribution in [2.75, 3.05) is 6.54 Å². The van der Waals surface area contributed by atoms with Gasteiger partial charge in [0.25, 0.3) is 0 Å². The van der Waals surface area contributed by atoms with E-state index in [0.29, 0.717) is 20.6 Å². The lowest BCUT2D eigenvalue weighted by atomic mass is 10.2. The molecule has 3 aromatic rings. The molecule has 0 radical (unpaired) electrons. The van der Waals surface area contributed by atoms with Gasteiger partial charge in [0, 0.05) is 32.6 Å². The summed E-state index contributed by atoms with van der Waals surface area (Å²) in [5.74, 6) is -0.476. The summed E-state index contributed by atoms with van der Waals surface area (Å²) in [6.45, 7) is -0.331. The van der Waals surface area contributed by atoms with Gasteiger partial charge in [0.1, 0.15) is 0 Å². The van der Waals surface area contributed by atoms with E-state index in [-0.39, 0.29) is 18.0 Å². The van der Waals surface area contributed by atoms with Gasteiger partial charge in [-0.2, -0.15) is 4.31 Å². The molecule has 10 heteroatoms. The predicted molar refractivity (Wildman–Crippen MR) is 131 cm³/mol. The Bertz CT molecular complexity index is 1220. The van der Waals surface area contributed by atoms with E-state index < -0.39 is 22.5 Å². The van der Waals surface area contributed by atoms with Crippen LogP contribution in [0.5, 0.6) is 0 Å². The molecule has 0 saturated heterocycles. The van der Waals surface area contributed by atoms with Gasteiger partial charge in [-0.1, -0.05) is 75.0 Å². The fourth-order valence-corrected chi connectivity index (χ4v) is 5.18. The van der Waals surface area contributed by atoms with Gasteiger partial charge < -0.3 is 5.32 Å². The Labute approximate surface area is 210 Å². The Hall–Kier alpha value is -1.61. The number of nitrogens with zero attached hydrogens (tertiary/aromatic N) is 1. The zero-order chi connectivity index (χ0) is 23.3. The molecule has 0 bridgehead atoms. The summed E-state index contributed by atoms with van der Waals surface area (Å²) in [6.07, 6.45) is 0. The van der Waals surface area contributed by atoms with Gasteiger partial charge in [0.2, 0.25) is 15.9 Å². The molecule has 3 aromatic carbocycles. The van der Waals surface area contributed by atoms with Crippen molar-refractivity contribution in [2.45, 2.75) is 18.0 Å². The minimum Gasteiger partial charge on any atom is -0.351 e. The first-order valence-corrected chi connectivity index (χ1v) is 12.7. The molecule has 0 spiro atoms. The molecule has 168 valence electrons. The highest BCUT2D eigenvalue weighted by molar-refractivity contribution is 9.10. The standard InChI is InChI=1S/C22H18BrCl3N2O3S/c23-17-6-9-19(10-7-17)32(30,31)28(13-16-5-8-18(24)11-21(16)26)14-22(29)27-12-15-3-1-2-4-20(15)25/h1-11H,12-14H2,(H,27,29).